The van der Waals surface area contributed by atoms with E-state index in [-0.39, 0.29) is 5.38 Å². The van der Waals surface area contributed by atoms with E-state index in [1.807, 2.05) is 0 Å². The molecule has 5 unspecified atom stereocenters. The lowest BCUT2D eigenvalue weighted by molar-refractivity contribution is 0.145. The van der Waals surface area contributed by atoms with Crippen LogP contribution < -0.4 is 0 Å². The lowest BCUT2D eigenvalue weighted by Crippen LogP contribution is -2.32. The van der Waals surface area contributed by atoms with Gasteiger partial charge in [0.25, 0.3) is 0 Å². The second kappa shape index (κ2) is 4.24. The van der Waals surface area contributed by atoms with Crippen molar-refractivity contribution >= 4 is 11.6 Å². The highest BCUT2D eigenvalue weighted by Gasteiger charge is 2.56. The largest absolute Gasteiger partial charge is 0.246 e. The third-order valence-electron chi connectivity index (χ3n) is 4.94. The smallest absolute Gasteiger partial charge is 0.116 e. The van der Waals surface area contributed by atoms with E-state index >= 15 is 0 Å². The van der Waals surface area contributed by atoms with Crippen molar-refractivity contribution in [3.8, 4) is 0 Å². The Balaban J connectivity index is 1.99. The molecule has 88 valence electrons. The maximum absolute atomic E-state index is 13.3. The van der Waals surface area contributed by atoms with Crippen LogP contribution in [0.1, 0.15) is 52.4 Å². The first-order valence-corrected chi connectivity index (χ1v) is 6.85. The maximum atomic E-state index is 13.3. The van der Waals surface area contributed by atoms with Crippen LogP contribution in [0.2, 0.25) is 0 Å². The number of rotatable bonds is 3. The Bertz CT molecular complexity index is 231. The van der Waals surface area contributed by atoms with Gasteiger partial charge in [-0.05, 0) is 49.4 Å². The van der Waals surface area contributed by atoms with Gasteiger partial charge < -0.3 is 0 Å². The lowest BCUT2D eigenvalue weighted by Gasteiger charge is -2.35. The monoisotopic (exact) mass is 232 g/mol. The van der Waals surface area contributed by atoms with Gasteiger partial charge in [-0.15, -0.1) is 11.6 Å². The zero-order valence-electron chi connectivity index (χ0n) is 9.81. The Hall–Kier alpha value is 0.220. The standard InChI is InChI=1S/C13H22ClF/c1-3-9-8-13(9,4-2)10-5-6-12(15)11(14)7-10/h9-12H,3-8H2,1-2H3. The molecule has 0 spiro atoms. The number of halogens is 2. The molecule has 5 atom stereocenters. The highest BCUT2D eigenvalue weighted by molar-refractivity contribution is 6.21. The van der Waals surface area contributed by atoms with Crippen LogP contribution >= 0.6 is 11.6 Å². The Morgan fingerprint density at radius 1 is 1.33 bits per heavy atom. The van der Waals surface area contributed by atoms with Crippen LogP contribution in [0, 0.1) is 17.3 Å². The maximum Gasteiger partial charge on any atom is 0.116 e. The molecular weight excluding hydrogens is 211 g/mol. The minimum Gasteiger partial charge on any atom is -0.246 e. The van der Waals surface area contributed by atoms with Gasteiger partial charge in [0.05, 0.1) is 5.38 Å². The van der Waals surface area contributed by atoms with Crippen molar-refractivity contribution in [2.45, 2.75) is 63.9 Å². The third-order valence-corrected chi connectivity index (χ3v) is 5.39. The van der Waals surface area contributed by atoms with Crippen molar-refractivity contribution in [1.29, 1.82) is 0 Å². The molecule has 0 radical (unpaired) electrons. The molecule has 15 heavy (non-hydrogen) atoms. The van der Waals surface area contributed by atoms with Crippen LogP contribution in [0.4, 0.5) is 4.39 Å². The molecule has 0 aromatic heterocycles. The molecular formula is C13H22ClF. The third kappa shape index (κ3) is 1.92. The number of hydrogen-bond acceptors (Lipinski definition) is 0. The summed E-state index contributed by atoms with van der Waals surface area (Å²) in [5.41, 5.74) is 0.544. The van der Waals surface area contributed by atoms with E-state index in [4.69, 9.17) is 11.6 Å². The Kier molecular flexibility index (Phi) is 3.30. The normalized spacial score (nSPS) is 50.4. The molecule has 0 aliphatic heterocycles. The summed E-state index contributed by atoms with van der Waals surface area (Å²) in [5, 5.41) is -0.217. The van der Waals surface area contributed by atoms with E-state index in [2.05, 4.69) is 13.8 Å². The molecule has 0 saturated heterocycles. The van der Waals surface area contributed by atoms with Gasteiger partial charge in [0.2, 0.25) is 0 Å². The van der Waals surface area contributed by atoms with E-state index in [0.717, 1.165) is 18.8 Å². The summed E-state index contributed by atoms with van der Waals surface area (Å²) < 4.78 is 13.3. The molecule has 0 heterocycles. The number of hydrogen-bond donors (Lipinski definition) is 0. The van der Waals surface area contributed by atoms with E-state index in [1.165, 1.54) is 19.3 Å². The quantitative estimate of drug-likeness (QED) is 0.626. The molecule has 0 bridgehead atoms. The van der Waals surface area contributed by atoms with Crippen molar-refractivity contribution < 1.29 is 4.39 Å². The topological polar surface area (TPSA) is 0 Å². The molecule has 2 aliphatic rings. The minimum absolute atomic E-state index is 0.217. The second-order valence-corrected chi connectivity index (χ2v) is 6.00. The fourth-order valence-electron chi connectivity index (χ4n) is 3.77. The summed E-state index contributed by atoms with van der Waals surface area (Å²) in [6.07, 6.45) is 5.83. The van der Waals surface area contributed by atoms with Crippen molar-refractivity contribution in [2.75, 3.05) is 0 Å². The van der Waals surface area contributed by atoms with E-state index in [1.54, 1.807) is 0 Å². The molecule has 0 amide bonds. The summed E-state index contributed by atoms with van der Waals surface area (Å²) >= 11 is 6.07. The van der Waals surface area contributed by atoms with Gasteiger partial charge in [0.1, 0.15) is 6.17 Å². The SMILES string of the molecule is CCC1CC1(CC)C1CCC(F)C(Cl)C1. The van der Waals surface area contributed by atoms with Crippen molar-refractivity contribution in [3.63, 3.8) is 0 Å². The van der Waals surface area contributed by atoms with Gasteiger partial charge in [-0.25, -0.2) is 4.39 Å². The Labute approximate surface area is 97.6 Å². The van der Waals surface area contributed by atoms with Crippen molar-refractivity contribution in [1.82, 2.24) is 0 Å². The zero-order chi connectivity index (χ0) is 11.1. The van der Waals surface area contributed by atoms with Gasteiger partial charge >= 0.3 is 0 Å². The van der Waals surface area contributed by atoms with Crippen LogP contribution in [0.5, 0.6) is 0 Å². The van der Waals surface area contributed by atoms with Crippen LogP contribution in [-0.4, -0.2) is 11.5 Å². The molecule has 0 aromatic rings. The summed E-state index contributed by atoms with van der Waals surface area (Å²) in [4.78, 5) is 0. The predicted molar refractivity (Wildman–Crippen MR) is 63.0 cm³/mol. The van der Waals surface area contributed by atoms with Crippen LogP contribution in [0.3, 0.4) is 0 Å². The fourth-order valence-corrected chi connectivity index (χ4v) is 4.11. The molecule has 0 aromatic carbocycles. The van der Waals surface area contributed by atoms with Gasteiger partial charge in [-0.1, -0.05) is 20.3 Å². The molecule has 0 N–H and O–H groups in total. The molecule has 2 heteroatoms. The Morgan fingerprint density at radius 2 is 2.07 bits per heavy atom. The summed E-state index contributed by atoms with van der Waals surface area (Å²) in [6, 6.07) is 0. The molecule has 2 saturated carbocycles. The molecule has 2 rings (SSSR count). The van der Waals surface area contributed by atoms with Gasteiger partial charge in [-0.2, -0.15) is 0 Å². The van der Waals surface area contributed by atoms with Crippen molar-refractivity contribution in [3.05, 3.63) is 0 Å². The lowest BCUT2D eigenvalue weighted by atomic mass is 9.74. The Morgan fingerprint density at radius 3 is 2.53 bits per heavy atom. The summed E-state index contributed by atoms with van der Waals surface area (Å²) in [6.45, 7) is 4.57. The van der Waals surface area contributed by atoms with Gasteiger partial charge in [0.15, 0.2) is 0 Å². The van der Waals surface area contributed by atoms with Crippen molar-refractivity contribution in [2.24, 2.45) is 17.3 Å². The van der Waals surface area contributed by atoms with E-state index < -0.39 is 6.17 Å². The van der Waals surface area contributed by atoms with Crippen LogP contribution in [-0.2, 0) is 0 Å². The molecule has 2 fully saturated rings. The van der Waals surface area contributed by atoms with Gasteiger partial charge in [0, 0.05) is 0 Å². The first-order valence-electron chi connectivity index (χ1n) is 6.42. The first kappa shape index (κ1) is 11.7. The van der Waals surface area contributed by atoms with E-state index in [0.29, 0.717) is 17.8 Å². The summed E-state index contributed by atoms with van der Waals surface area (Å²) in [5.74, 6) is 1.59. The minimum atomic E-state index is -0.754. The second-order valence-electron chi connectivity index (χ2n) is 5.44. The predicted octanol–water partition coefficient (Wildman–Crippen LogP) is 4.56. The zero-order valence-corrected chi connectivity index (χ0v) is 10.6. The fraction of sp³-hybridized carbons (Fsp3) is 1.00. The highest BCUT2D eigenvalue weighted by Crippen LogP contribution is 2.64. The number of alkyl halides is 2. The average molecular weight is 233 g/mol. The molecule has 0 nitrogen and oxygen atoms in total. The van der Waals surface area contributed by atoms with Crippen LogP contribution in [0.25, 0.3) is 0 Å². The van der Waals surface area contributed by atoms with E-state index in [9.17, 15) is 4.39 Å². The molecule has 2 aliphatic carbocycles. The average Bonchev–Trinajstić information content (AvgIpc) is 2.97. The highest BCUT2D eigenvalue weighted by atomic mass is 35.5. The van der Waals surface area contributed by atoms with Gasteiger partial charge in [-0.3, -0.25) is 0 Å². The first-order chi connectivity index (χ1) is 7.14. The van der Waals surface area contributed by atoms with Crippen LogP contribution in [0.15, 0.2) is 0 Å². The summed E-state index contributed by atoms with van der Waals surface area (Å²) in [7, 11) is 0.